The number of hydrogen-bond acceptors (Lipinski definition) is 2. The fraction of sp³-hybridized carbons (Fsp3) is 0.133. The van der Waals surface area contributed by atoms with Gasteiger partial charge in [0.1, 0.15) is 0 Å². The Morgan fingerprint density at radius 3 is 2.40 bits per heavy atom. The molecule has 2 aromatic rings. The van der Waals surface area contributed by atoms with Gasteiger partial charge in [0.2, 0.25) is 0 Å². The van der Waals surface area contributed by atoms with Crippen LogP contribution < -0.4 is 0 Å². The van der Waals surface area contributed by atoms with Crippen molar-refractivity contribution in [2.75, 3.05) is 0 Å². The van der Waals surface area contributed by atoms with Crippen molar-refractivity contribution in [2.45, 2.75) is 16.6 Å². The minimum absolute atomic E-state index is 0.0505. The van der Waals surface area contributed by atoms with Gasteiger partial charge in [0.15, 0.2) is 0 Å². The van der Waals surface area contributed by atoms with E-state index in [0.717, 1.165) is 10.5 Å². The summed E-state index contributed by atoms with van der Waals surface area (Å²) in [5.41, 5.74) is 0.978. The molecule has 0 aliphatic carbocycles. The van der Waals surface area contributed by atoms with E-state index < -0.39 is 5.97 Å². The smallest absolute Gasteiger partial charge is 0.304 e. The number of benzene rings is 2. The second-order valence-corrected chi connectivity index (χ2v) is 6.28. The minimum atomic E-state index is -0.827. The zero-order chi connectivity index (χ0) is 14.5. The van der Waals surface area contributed by atoms with Crippen LogP contribution in [0, 0.1) is 0 Å². The second-order valence-electron chi connectivity index (χ2n) is 4.19. The maximum atomic E-state index is 11.0. The van der Waals surface area contributed by atoms with Gasteiger partial charge in [0, 0.05) is 10.1 Å². The van der Waals surface area contributed by atoms with Crippen LogP contribution in [0.25, 0.3) is 0 Å². The van der Waals surface area contributed by atoms with Gasteiger partial charge in [-0.3, -0.25) is 4.79 Å². The maximum Gasteiger partial charge on any atom is 0.304 e. The molecule has 0 amide bonds. The van der Waals surface area contributed by atoms with Crippen molar-refractivity contribution < 1.29 is 9.90 Å². The highest BCUT2D eigenvalue weighted by atomic mass is 35.5. The molecule has 0 radical (unpaired) electrons. The Hall–Kier alpha value is -1.16. The van der Waals surface area contributed by atoms with E-state index in [-0.39, 0.29) is 11.7 Å². The van der Waals surface area contributed by atoms with Crippen LogP contribution in [0.15, 0.2) is 53.4 Å². The van der Waals surface area contributed by atoms with Crippen LogP contribution >= 0.6 is 35.0 Å². The Labute approximate surface area is 131 Å². The van der Waals surface area contributed by atoms with Crippen molar-refractivity contribution in [3.63, 3.8) is 0 Å². The molecule has 0 saturated carbocycles. The van der Waals surface area contributed by atoms with Crippen LogP contribution in [-0.4, -0.2) is 11.1 Å². The number of thioether (sulfide) groups is 1. The van der Waals surface area contributed by atoms with E-state index in [4.69, 9.17) is 28.3 Å². The first-order chi connectivity index (χ1) is 9.56. The quantitative estimate of drug-likeness (QED) is 0.757. The number of carboxylic acids is 1. The molecular weight excluding hydrogens is 315 g/mol. The monoisotopic (exact) mass is 326 g/mol. The largest absolute Gasteiger partial charge is 0.481 e. The van der Waals surface area contributed by atoms with Gasteiger partial charge >= 0.3 is 5.97 Å². The molecule has 0 spiro atoms. The second kappa shape index (κ2) is 7.02. The van der Waals surface area contributed by atoms with Gasteiger partial charge in [0.05, 0.1) is 16.5 Å². The summed E-state index contributed by atoms with van der Waals surface area (Å²) in [6.07, 6.45) is 0.0505. The first-order valence-electron chi connectivity index (χ1n) is 5.94. The van der Waals surface area contributed by atoms with E-state index in [1.165, 1.54) is 11.8 Å². The fourth-order valence-electron chi connectivity index (χ4n) is 1.77. The summed E-state index contributed by atoms with van der Waals surface area (Å²) < 4.78 is 0. The highest BCUT2D eigenvalue weighted by Gasteiger charge is 2.17. The summed E-state index contributed by atoms with van der Waals surface area (Å²) in [7, 11) is 0. The van der Waals surface area contributed by atoms with Gasteiger partial charge in [-0.15, -0.1) is 11.8 Å². The Morgan fingerprint density at radius 2 is 1.80 bits per heavy atom. The standard InChI is InChI=1S/C15H12Cl2O2S/c16-12-7-6-11(8-13(12)17)20-14(9-15(18)19)10-4-2-1-3-5-10/h1-8,14H,9H2,(H,18,19). The molecule has 20 heavy (non-hydrogen) atoms. The summed E-state index contributed by atoms with van der Waals surface area (Å²) in [6, 6.07) is 14.9. The van der Waals surface area contributed by atoms with E-state index >= 15 is 0 Å². The minimum Gasteiger partial charge on any atom is -0.481 e. The third-order valence-corrected chi connectivity index (χ3v) is 4.69. The predicted molar refractivity (Wildman–Crippen MR) is 83.8 cm³/mol. The van der Waals surface area contributed by atoms with E-state index in [1.54, 1.807) is 12.1 Å². The van der Waals surface area contributed by atoms with Gasteiger partial charge in [-0.25, -0.2) is 0 Å². The summed E-state index contributed by atoms with van der Waals surface area (Å²) in [5, 5.41) is 9.86. The summed E-state index contributed by atoms with van der Waals surface area (Å²) in [6.45, 7) is 0. The molecule has 0 fully saturated rings. The van der Waals surface area contributed by atoms with Crippen molar-refractivity contribution in [3.8, 4) is 0 Å². The molecule has 104 valence electrons. The summed E-state index contributed by atoms with van der Waals surface area (Å²) in [5.74, 6) is -0.827. The van der Waals surface area contributed by atoms with Gasteiger partial charge in [0.25, 0.3) is 0 Å². The van der Waals surface area contributed by atoms with Gasteiger partial charge < -0.3 is 5.11 Å². The Bertz CT molecular complexity index is 602. The molecule has 0 aromatic heterocycles. The van der Waals surface area contributed by atoms with Gasteiger partial charge in [-0.05, 0) is 23.8 Å². The summed E-state index contributed by atoms with van der Waals surface area (Å²) >= 11 is 13.3. The normalized spacial score (nSPS) is 12.1. The predicted octanol–water partition coefficient (Wildman–Crippen LogP) is 5.30. The molecule has 1 unspecified atom stereocenters. The molecule has 2 nitrogen and oxygen atoms in total. The third kappa shape index (κ3) is 4.17. The lowest BCUT2D eigenvalue weighted by Gasteiger charge is -2.15. The molecule has 0 aliphatic heterocycles. The molecule has 0 bridgehead atoms. The topological polar surface area (TPSA) is 37.3 Å². The third-order valence-electron chi connectivity index (χ3n) is 2.70. The van der Waals surface area contributed by atoms with E-state index in [1.807, 2.05) is 36.4 Å². The van der Waals surface area contributed by atoms with E-state index in [2.05, 4.69) is 0 Å². The van der Waals surface area contributed by atoms with Crippen molar-refractivity contribution in [1.29, 1.82) is 0 Å². The Morgan fingerprint density at radius 1 is 1.10 bits per heavy atom. The van der Waals surface area contributed by atoms with Crippen molar-refractivity contribution in [2.24, 2.45) is 0 Å². The lowest BCUT2D eigenvalue weighted by molar-refractivity contribution is -0.137. The lowest BCUT2D eigenvalue weighted by Crippen LogP contribution is -2.03. The van der Waals surface area contributed by atoms with Gasteiger partial charge in [-0.1, -0.05) is 53.5 Å². The fourth-order valence-corrected chi connectivity index (χ4v) is 3.31. The summed E-state index contributed by atoms with van der Waals surface area (Å²) in [4.78, 5) is 11.9. The van der Waals surface area contributed by atoms with Crippen molar-refractivity contribution >= 4 is 40.9 Å². The molecule has 2 rings (SSSR count). The molecule has 5 heteroatoms. The zero-order valence-electron chi connectivity index (χ0n) is 10.4. The van der Waals surface area contributed by atoms with Crippen LogP contribution in [-0.2, 0) is 4.79 Å². The average molecular weight is 327 g/mol. The van der Waals surface area contributed by atoms with Crippen LogP contribution in [0.4, 0.5) is 0 Å². The first-order valence-corrected chi connectivity index (χ1v) is 7.58. The highest BCUT2D eigenvalue weighted by molar-refractivity contribution is 7.99. The molecule has 0 aliphatic rings. The molecule has 2 aromatic carbocycles. The first kappa shape index (κ1) is 15.2. The molecular formula is C15H12Cl2O2S. The Balaban J connectivity index is 2.23. The van der Waals surface area contributed by atoms with Crippen LogP contribution in [0.1, 0.15) is 17.2 Å². The molecule has 0 heterocycles. The zero-order valence-corrected chi connectivity index (χ0v) is 12.8. The maximum absolute atomic E-state index is 11.0. The molecule has 0 saturated heterocycles. The Kier molecular flexibility index (Phi) is 5.35. The number of carbonyl (C=O) groups is 1. The highest BCUT2D eigenvalue weighted by Crippen LogP contribution is 2.39. The number of hydrogen-bond donors (Lipinski definition) is 1. The van der Waals surface area contributed by atoms with Crippen LogP contribution in [0.3, 0.4) is 0 Å². The van der Waals surface area contributed by atoms with E-state index in [9.17, 15) is 4.79 Å². The van der Waals surface area contributed by atoms with Crippen molar-refractivity contribution in [3.05, 3.63) is 64.1 Å². The number of aliphatic carboxylic acids is 1. The van der Waals surface area contributed by atoms with E-state index in [0.29, 0.717) is 10.0 Å². The van der Waals surface area contributed by atoms with Crippen molar-refractivity contribution in [1.82, 2.24) is 0 Å². The SMILES string of the molecule is O=C(O)CC(Sc1ccc(Cl)c(Cl)c1)c1ccccc1. The number of halogens is 2. The van der Waals surface area contributed by atoms with Gasteiger partial charge in [-0.2, -0.15) is 0 Å². The number of carboxylic acid groups (broad SMARTS) is 1. The number of rotatable bonds is 5. The molecule has 1 N–H and O–H groups in total. The van der Waals surface area contributed by atoms with Crippen LogP contribution in [0.5, 0.6) is 0 Å². The molecule has 1 atom stereocenters. The van der Waals surface area contributed by atoms with Crippen LogP contribution in [0.2, 0.25) is 10.0 Å². The lowest BCUT2D eigenvalue weighted by atomic mass is 10.1. The average Bonchev–Trinajstić information content (AvgIpc) is 2.43.